The summed E-state index contributed by atoms with van der Waals surface area (Å²) >= 11 is 0. The van der Waals surface area contributed by atoms with Gasteiger partial charge in [-0.3, -0.25) is 4.79 Å². The number of aliphatic hydroxyl groups excluding tert-OH is 1. The quantitative estimate of drug-likeness (QED) is 0.479. The maximum absolute atomic E-state index is 11.7. The number of carbonyl (C=O) groups is 1. The van der Waals surface area contributed by atoms with Crippen molar-refractivity contribution in [1.82, 2.24) is 0 Å². The number of hydrogen-bond donors (Lipinski definition) is 1. The van der Waals surface area contributed by atoms with Crippen molar-refractivity contribution < 1.29 is 9.90 Å². The molecule has 0 heterocycles. The fourth-order valence-electron chi connectivity index (χ4n) is 1.45. The van der Waals surface area contributed by atoms with Gasteiger partial charge >= 0.3 is 0 Å². The molecule has 0 radical (unpaired) electrons. The Morgan fingerprint density at radius 3 is 2.53 bits per heavy atom. The van der Waals surface area contributed by atoms with E-state index in [0.29, 0.717) is 12.0 Å². The standard InChI is InChI=1S/C14H15NO2/c1-2-3-9-13(16)12(10-15)14(17)11-7-5-4-6-8-11/h4-8,17H,2-3,9H2,1H3/b14-12-. The van der Waals surface area contributed by atoms with Gasteiger partial charge in [-0.2, -0.15) is 5.26 Å². The summed E-state index contributed by atoms with van der Waals surface area (Å²) in [6, 6.07) is 10.4. The van der Waals surface area contributed by atoms with Crippen molar-refractivity contribution in [3.8, 4) is 6.07 Å². The van der Waals surface area contributed by atoms with E-state index in [-0.39, 0.29) is 17.1 Å². The van der Waals surface area contributed by atoms with Crippen molar-refractivity contribution in [2.45, 2.75) is 26.2 Å². The molecule has 0 saturated heterocycles. The maximum Gasteiger partial charge on any atom is 0.177 e. The number of carbonyl (C=O) groups excluding carboxylic acids is 1. The topological polar surface area (TPSA) is 61.1 Å². The largest absolute Gasteiger partial charge is 0.506 e. The van der Waals surface area contributed by atoms with Gasteiger partial charge in [0.25, 0.3) is 0 Å². The van der Waals surface area contributed by atoms with Crippen LogP contribution in [0.15, 0.2) is 35.9 Å². The first-order valence-corrected chi connectivity index (χ1v) is 5.62. The zero-order valence-electron chi connectivity index (χ0n) is 9.81. The molecule has 1 aromatic rings. The summed E-state index contributed by atoms with van der Waals surface area (Å²) in [6.07, 6.45) is 1.92. The zero-order valence-corrected chi connectivity index (χ0v) is 9.81. The van der Waals surface area contributed by atoms with E-state index in [4.69, 9.17) is 5.26 Å². The SMILES string of the molecule is CCCCC(=O)/C(C#N)=C(\O)c1ccccc1. The first-order valence-electron chi connectivity index (χ1n) is 5.62. The molecule has 0 fully saturated rings. The van der Waals surface area contributed by atoms with E-state index in [0.717, 1.165) is 12.8 Å². The van der Waals surface area contributed by atoms with E-state index in [1.165, 1.54) is 0 Å². The number of ketones is 1. The van der Waals surface area contributed by atoms with Crippen LogP contribution in [0.2, 0.25) is 0 Å². The van der Waals surface area contributed by atoms with E-state index >= 15 is 0 Å². The molecule has 0 aliphatic carbocycles. The minimum Gasteiger partial charge on any atom is -0.506 e. The molecule has 3 nitrogen and oxygen atoms in total. The number of nitriles is 1. The minimum absolute atomic E-state index is 0.148. The summed E-state index contributed by atoms with van der Waals surface area (Å²) < 4.78 is 0. The van der Waals surface area contributed by atoms with E-state index in [2.05, 4.69) is 0 Å². The van der Waals surface area contributed by atoms with E-state index in [1.54, 1.807) is 30.3 Å². The van der Waals surface area contributed by atoms with Gasteiger partial charge < -0.3 is 5.11 Å². The van der Waals surface area contributed by atoms with Crippen LogP contribution in [0, 0.1) is 11.3 Å². The summed E-state index contributed by atoms with van der Waals surface area (Å²) in [6.45, 7) is 1.97. The molecule has 0 bridgehead atoms. The van der Waals surface area contributed by atoms with Crippen LogP contribution < -0.4 is 0 Å². The zero-order chi connectivity index (χ0) is 12.7. The average Bonchev–Trinajstić information content (AvgIpc) is 2.38. The molecule has 0 amide bonds. The number of hydrogen-bond acceptors (Lipinski definition) is 3. The van der Waals surface area contributed by atoms with Crippen molar-refractivity contribution in [1.29, 1.82) is 5.26 Å². The first kappa shape index (κ1) is 13.0. The van der Waals surface area contributed by atoms with E-state index in [1.807, 2.05) is 13.0 Å². The van der Waals surface area contributed by atoms with Crippen LogP contribution in [0.25, 0.3) is 5.76 Å². The van der Waals surface area contributed by atoms with Crippen molar-refractivity contribution in [2.24, 2.45) is 0 Å². The lowest BCUT2D eigenvalue weighted by Gasteiger charge is -2.03. The van der Waals surface area contributed by atoms with Gasteiger partial charge in [-0.25, -0.2) is 0 Å². The molecular formula is C14H15NO2. The Bertz CT molecular complexity index is 455. The van der Waals surface area contributed by atoms with Gasteiger partial charge in [-0.1, -0.05) is 43.7 Å². The fraction of sp³-hybridized carbons (Fsp3) is 0.286. The Labute approximate surface area is 101 Å². The second-order valence-corrected chi connectivity index (χ2v) is 3.73. The second-order valence-electron chi connectivity index (χ2n) is 3.73. The lowest BCUT2D eigenvalue weighted by atomic mass is 10.0. The third kappa shape index (κ3) is 3.46. The fourth-order valence-corrected chi connectivity index (χ4v) is 1.45. The summed E-state index contributed by atoms with van der Waals surface area (Å²) in [5.41, 5.74) is 0.346. The molecule has 3 heteroatoms. The molecule has 0 saturated carbocycles. The highest BCUT2D eigenvalue weighted by Gasteiger charge is 2.15. The summed E-state index contributed by atoms with van der Waals surface area (Å²) in [7, 11) is 0. The number of unbranched alkanes of at least 4 members (excludes halogenated alkanes) is 1. The van der Waals surface area contributed by atoms with Crippen LogP contribution in [0.1, 0.15) is 31.7 Å². The Balaban J connectivity index is 3.00. The Hall–Kier alpha value is -2.08. The van der Waals surface area contributed by atoms with Gasteiger partial charge in [0.1, 0.15) is 17.4 Å². The van der Waals surface area contributed by atoms with Gasteiger partial charge in [-0.15, -0.1) is 0 Å². The number of Topliss-reactive ketones (excluding diaryl/α,β-unsaturated/α-hetero) is 1. The number of benzene rings is 1. The van der Waals surface area contributed by atoms with Crippen LogP contribution in [0.5, 0.6) is 0 Å². The molecule has 1 aromatic carbocycles. The van der Waals surface area contributed by atoms with Crippen LogP contribution >= 0.6 is 0 Å². The Morgan fingerprint density at radius 2 is 2.00 bits per heavy atom. The normalized spacial score (nSPS) is 11.5. The lowest BCUT2D eigenvalue weighted by Crippen LogP contribution is -2.04. The van der Waals surface area contributed by atoms with Crippen molar-refractivity contribution in [3.63, 3.8) is 0 Å². The molecule has 1 rings (SSSR count). The van der Waals surface area contributed by atoms with Gasteiger partial charge in [0, 0.05) is 12.0 Å². The molecule has 0 atom stereocenters. The molecule has 0 spiro atoms. The average molecular weight is 229 g/mol. The smallest absolute Gasteiger partial charge is 0.177 e. The van der Waals surface area contributed by atoms with E-state index in [9.17, 15) is 9.90 Å². The lowest BCUT2D eigenvalue weighted by molar-refractivity contribution is -0.115. The monoisotopic (exact) mass is 229 g/mol. The van der Waals surface area contributed by atoms with Crippen molar-refractivity contribution in [3.05, 3.63) is 41.5 Å². The van der Waals surface area contributed by atoms with Crippen molar-refractivity contribution in [2.75, 3.05) is 0 Å². The van der Waals surface area contributed by atoms with E-state index < -0.39 is 0 Å². The molecular weight excluding hydrogens is 214 g/mol. The van der Waals surface area contributed by atoms with Gasteiger partial charge in [0.2, 0.25) is 0 Å². The minimum atomic E-state index is -0.296. The molecule has 1 N–H and O–H groups in total. The predicted octanol–water partition coefficient (Wildman–Crippen LogP) is 3.24. The summed E-state index contributed by atoms with van der Waals surface area (Å²) in [5, 5.41) is 18.8. The van der Waals surface area contributed by atoms with Gasteiger partial charge in [-0.05, 0) is 6.42 Å². The highest BCUT2D eigenvalue weighted by Crippen LogP contribution is 2.17. The Kier molecular flexibility index (Phi) is 4.96. The predicted molar refractivity (Wildman–Crippen MR) is 66.1 cm³/mol. The molecule has 0 aliphatic heterocycles. The molecule has 0 aromatic heterocycles. The van der Waals surface area contributed by atoms with Gasteiger partial charge in [0.05, 0.1) is 0 Å². The number of rotatable bonds is 5. The van der Waals surface area contributed by atoms with Gasteiger partial charge in [0.15, 0.2) is 5.78 Å². The van der Waals surface area contributed by atoms with Crippen LogP contribution in [-0.2, 0) is 4.79 Å². The van der Waals surface area contributed by atoms with Crippen molar-refractivity contribution >= 4 is 11.5 Å². The summed E-state index contributed by atoms with van der Waals surface area (Å²) in [5.74, 6) is -0.523. The van der Waals surface area contributed by atoms with Crippen LogP contribution in [-0.4, -0.2) is 10.9 Å². The molecule has 0 unspecified atom stereocenters. The maximum atomic E-state index is 11.7. The molecule has 0 aliphatic rings. The Morgan fingerprint density at radius 1 is 1.35 bits per heavy atom. The third-order valence-corrected chi connectivity index (χ3v) is 2.43. The third-order valence-electron chi connectivity index (χ3n) is 2.43. The second kappa shape index (κ2) is 6.49. The highest BCUT2D eigenvalue weighted by molar-refractivity contribution is 6.04. The number of aliphatic hydroxyl groups is 1. The molecule has 88 valence electrons. The first-order chi connectivity index (χ1) is 8.20. The van der Waals surface area contributed by atoms with Crippen LogP contribution in [0.4, 0.5) is 0 Å². The summed E-state index contributed by atoms with van der Waals surface area (Å²) in [4.78, 5) is 11.7. The highest BCUT2D eigenvalue weighted by atomic mass is 16.3. The van der Waals surface area contributed by atoms with Crippen LogP contribution in [0.3, 0.4) is 0 Å². The number of nitrogens with zero attached hydrogens (tertiary/aromatic N) is 1. The number of allylic oxidation sites excluding steroid dienone is 1. The molecule has 17 heavy (non-hydrogen) atoms.